The number of ether oxygens (including phenoxy) is 6. The Kier molecular flexibility index (Phi) is 33.1. The van der Waals surface area contributed by atoms with Crippen molar-refractivity contribution < 1.29 is 104 Å². The summed E-state index contributed by atoms with van der Waals surface area (Å²) in [6.07, 6.45) is 0.0769. The van der Waals surface area contributed by atoms with Gasteiger partial charge in [-0.2, -0.15) is 0 Å². The average molecular weight is 1110 g/mol. The standard InChI is InChI=1S/C54H96N2O21/c1-4-6-8-10-12-14-15-16-17-18-20-21-23-25-27-36(61)35(56-41(64)28-26-24-22-19-13-11-9-7-5-2)33-72-51-46(68)45(67)48(40(32-59)74-51)75-52-47(69)50(44(66)39(31-58)73-52)77-54(53(70)71)29-37(62)42(55-34(3)60)49(76-54)43(65)38(63)30-57/h19,22,25,27,35-40,42-52,57-59,61-63,65-69H,4-18,20-21,23-24,26,28-33H2,1-3H3,(H,55,60)(H,56,64)(H,70,71)/b22-19-,27-25+. The van der Waals surface area contributed by atoms with Crippen LogP contribution in [0.1, 0.15) is 162 Å². The van der Waals surface area contributed by atoms with Crippen LogP contribution < -0.4 is 10.6 Å². The van der Waals surface area contributed by atoms with Gasteiger partial charge < -0.3 is 100 Å². The topological polar surface area (TPSA) is 373 Å². The Hall–Kier alpha value is -2.79. The van der Waals surface area contributed by atoms with E-state index < -0.39 is 155 Å². The third kappa shape index (κ3) is 22.6. The molecule has 18 unspecified atom stereocenters. The number of carbonyl (C=O) groups is 3. The van der Waals surface area contributed by atoms with Crippen LogP contribution in [0.2, 0.25) is 0 Å². The predicted octanol–water partition coefficient (Wildman–Crippen LogP) is 0.991. The minimum atomic E-state index is -3.08. The van der Waals surface area contributed by atoms with Gasteiger partial charge in [0.05, 0.1) is 50.7 Å². The number of carboxylic acids is 1. The van der Waals surface area contributed by atoms with Gasteiger partial charge in [0.1, 0.15) is 67.1 Å². The minimum Gasteiger partial charge on any atom is -0.477 e. The number of aliphatic carboxylic acids is 1. The van der Waals surface area contributed by atoms with E-state index in [0.29, 0.717) is 19.3 Å². The van der Waals surface area contributed by atoms with Crippen molar-refractivity contribution in [1.29, 1.82) is 0 Å². The molecule has 0 saturated carbocycles. The van der Waals surface area contributed by atoms with Gasteiger partial charge >= 0.3 is 5.97 Å². The predicted molar refractivity (Wildman–Crippen MR) is 278 cm³/mol. The van der Waals surface area contributed by atoms with Crippen LogP contribution in [-0.2, 0) is 42.8 Å². The molecular weight excluding hydrogens is 1010 g/mol. The quantitative estimate of drug-likeness (QED) is 0.0301. The van der Waals surface area contributed by atoms with E-state index in [-0.39, 0.29) is 12.3 Å². The molecule has 448 valence electrons. The summed E-state index contributed by atoms with van der Waals surface area (Å²) >= 11 is 0. The SMILES string of the molecule is CCCCCC/C=C\CCCC(=O)NC(COC1OC(CO)C(OC2OC(CO)C(O)C(OC3(C(=O)O)CC(O)C(NC(C)=O)C(C(O)C(O)CO)O3)C2O)C(O)C1O)C(O)/C=C/CCCCCCCCCCCCCC. The molecule has 77 heavy (non-hydrogen) atoms. The number of amides is 2. The number of allylic oxidation sites excluding steroid dienone is 3. The number of nitrogens with one attached hydrogen (secondary N) is 2. The molecule has 0 radical (unpaired) electrons. The number of unbranched alkanes of at least 4 members (excludes halogenated alkanes) is 17. The van der Waals surface area contributed by atoms with E-state index in [2.05, 4.69) is 30.6 Å². The lowest BCUT2D eigenvalue weighted by Gasteiger charge is -2.50. The van der Waals surface area contributed by atoms with Crippen LogP contribution in [0.4, 0.5) is 0 Å². The fraction of sp³-hybridized carbons (Fsp3) is 0.870. The Bertz CT molecular complexity index is 1700. The van der Waals surface area contributed by atoms with Crippen molar-refractivity contribution in [2.75, 3.05) is 26.4 Å². The van der Waals surface area contributed by atoms with Crippen molar-refractivity contribution in [2.24, 2.45) is 0 Å². The first-order valence-corrected chi connectivity index (χ1v) is 28.2. The molecule has 23 heteroatoms. The van der Waals surface area contributed by atoms with Crippen molar-refractivity contribution in [3.05, 3.63) is 24.3 Å². The highest BCUT2D eigenvalue weighted by Crippen LogP contribution is 2.38. The van der Waals surface area contributed by atoms with Crippen LogP contribution in [0.5, 0.6) is 0 Å². The van der Waals surface area contributed by atoms with E-state index in [1.807, 2.05) is 12.2 Å². The summed E-state index contributed by atoms with van der Waals surface area (Å²) in [5.74, 6) is -6.19. The summed E-state index contributed by atoms with van der Waals surface area (Å²) in [7, 11) is 0. The summed E-state index contributed by atoms with van der Waals surface area (Å²) in [6.45, 7) is 2.00. The highest BCUT2D eigenvalue weighted by molar-refractivity contribution is 5.77. The zero-order valence-electron chi connectivity index (χ0n) is 45.5. The highest BCUT2D eigenvalue weighted by Gasteiger charge is 2.60. The Labute approximate surface area is 453 Å². The number of aliphatic hydroxyl groups is 11. The number of carbonyl (C=O) groups excluding carboxylic acids is 2. The second-order valence-corrected chi connectivity index (χ2v) is 20.8. The van der Waals surface area contributed by atoms with Crippen molar-refractivity contribution in [3.63, 3.8) is 0 Å². The molecule has 3 heterocycles. The maximum absolute atomic E-state index is 13.2. The summed E-state index contributed by atoms with van der Waals surface area (Å²) in [4.78, 5) is 38.2. The van der Waals surface area contributed by atoms with Gasteiger partial charge in [0.25, 0.3) is 5.79 Å². The molecule has 3 saturated heterocycles. The lowest BCUT2D eigenvalue weighted by atomic mass is 9.88. The first-order valence-electron chi connectivity index (χ1n) is 28.2. The summed E-state index contributed by atoms with van der Waals surface area (Å²) in [6, 6.07) is -2.63. The van der Waals surface area contributed by atoms with Crippen LogP contribution in [0.25, 0.3) is 0 Å². The van der Waals surface area contributed by atoms with E-state index in [9.17, 15) is 75.7 Å². The molecule has 3 aliphatic heterocycles. The van der Waals surface area contributed by atoms with Crippen LogP contribution in [0.3, 0.4) is 0 Å². The van der Waals surface area contributed by atoms with Crippen LogP contribution in [0, 0.1) is 0 Å². The van der Waals surface area contributed by atoms with Gasteiger partial charge in [-0.15, -0.1) is 0 Å². The molecule has 14 N–H and O–H groups in total. The number of hydrogen-bond donors (Lipinski definition) is 14. The van der Waals surface area contributed by atoms with Crippen molar-refractivity contribution >= 4 is 17.8 Å². The molecule has 18 atom stereocenters. The smallest absolute Gasteiger partial charge is 0.364 e. The molecule has 0 aromatic rings. The maximum atomic E-state index is 13.2. The molecule has 3 fully saturated rings. The number of carboxylic acid groups (broad SMARTS) is 1. The Morgan fingerprint density at radius 2 is 1.22 bits per heavy atom. The second-order valence-electron chi connectivity index (χ2n) is 20.8. The fourth-order valence-electron chi connectivity index (χ4n) is 9.77. The highest BCUT2D eigenvalue weighted by atomic mass is 16.8. The Morgan fingerprint density at radius 1 is 0.675 bits per heavy atom. The molecule has 0 aromatic heterocycles. The first-order chi connectivity index (χ1) is 36.9. The molecule has 0 bridgehead atoms. The maximum Gasteiger partial charge on any atom is 0.364 e. The van der Waals surface area contributed by atoms with Crippen LogP contribution in [0.15, 0.2) is 24.3 Å². The minimum absolute atomic E-state index is 0.151. The summed E-state index contributed by atoms with van der Waals surface area (Å²) < 4.78 is 34.5. The fourth-order valence-corrected chi connectivity index (χ4v) is 9.77. The van der Waals surface area contributed by atoms with E-state index in [1.165, 1.54) is 64.2 Å². The van der Waals surface area contributed by atoms with E-state index >= 15 is 0 Å². The first kappa shape index (κ1) is 68.5. The monoisotopic (exact) mass is 1110 g/mol. The summed E-state index contributed by atoms with van der Waals surface area (Å²) in [5.41, 5.74) is 0. The van der Waals surface area contributed by atoms with Gasteiger partial charge in [0, 0.05) is 19.8 Å². The number of aliphatic hydroxyl groups excluding tert-OH is 11. The van der Waals surface area contributed by atoms with Crippen molar-refractivity contribution in [3.8, 4) is 0 Å². The lowest BCUT2D eigenvalue weighted by Crippen LogP contribution is -2.70. The Morgan fingerprint density at radius 3 is 1.78 bits per heavy atom. The van der Waals surface area contributed by atoms with E-state index in [1.54, 1.807) is 6.08 Å². The molecule has 2 amide bonds. The third-order valence-corrected chi connectivity index (χ3v) is 14.4. The molecule has 3 rings (SSSR count). The van der Waals surface area contributed by atoms with Crippen LogP contribution in [-0.4, -0.2) is 215 Å². The zero-order chi connectivity index (χ0) is 56.9. The molecule has 3 aliphatic rings. The van der Waals surface area contributed by atoms with Crippen molar-refractivity contribution in [1.82, 2.24) is 10.6 Å². The van der Waals surface area contributed by atoms with Gasteiger partial charge in [-0.1, -0.05) is 128 Å². The third-order valence-electron chi connectivity index (χ3n) is 14.4. The normalized spacial score (nSPS) is 31.5. The van der Waals surface area contributed by atoms with Crippen molar-refractivity contribution in [2.45, 2.75) is 272 Å². The molecule has 0 spiro atoms. The van der Waals surface area contributed by atoms with Gasteiger partial charge in [0.15, 0.2) is 12.6 Å². The Balaban J connectivity index is 1.71. The van der Waals surface area contributed by atoms with Gasteiger partial charge in [-0.05, 0) is 38.5 Å². The van der Waals surface area contributed by atoms with Crippen LogP contribution >= 0.6 is 0 Å². The molecule has 0 aromatic carbocycles. The molecule has 0 aliphatic carbocycles. The van der Waals surface area contributed by atoms with E-state index in [0.717, 1.165) is 51.9 Å². The largest absolute Gasteiger partial charge is 0.477 e. The molecular formula is C54H96N2O21. The second kappa shape index (κ2) is 37.3. The summed E-state index contributed by atoms with van der Waals surface area (Å²) in [5, 5.41) is 135. The molecule has 23 nitrogen and oxygen atoms in total. The van der Waals surface area contributed by atoms with E-state index in [4.69, 9.17) is 28.4 Å². The number of hydrogen-bond acceptors (Lipinski definition) is 20. The van der Waals surface area contributed by atoms with Gasteiger partial charge in [-0.3, -0.25) is 9.59 Å². The van der Waals surface area contributed by atoms with Gasteiger partial charge in [0.2, 0.25) is 11.8 Å². The zero-order valence-corrected chi connectivity index (χ0v) is 45.5. The van der Waals surface area contributed by atoms with Gasteiger partial charge in [-0.25, -0.2) is 4.79 Å². The number of rotatable bonds is 39. The lowest BCUT2D eigenvalue weighted by molar-refractivity contribution is -0.386. The average Bonchev–Trinajstić information content (AvgIpc) is 3.40.